The van der Waals surface area contributed by atoms with Crippen LogP contribution in [0.1, 0.15) is 49.0 Å². The number of nitriles is 1. The van der Waals surface area contributed by atoms with Gasteiger partial charge in [0.2, 0.25) is 0 Å². The summed E-state index contributed by atoms with van der Waals surface area (Å²) in [7, 11) is 0. The van der Waals surface area contributed by atoms with Crippen molar-refractivity contribution in [3.63, 3.8) is 0 Å². The fourth-order valence-electron chi connectivity index (χ4n) is 1.79. The quantitative estimate of drug-likeness (QED) is 0.784. The third-order valence-corrected chi connectivity index (χ3v) is 3.07. The van der Waals surface area contributed by atoms with Gasteiger partial charge in [0.15, 0.2) is 5.78 Å². The first-order chi connectivity index (χ1) is 8.51. The molecule has 0 atom stereocenters. The van der Waals surface area contributed by atoms with Gasteiger partial charge in [-0.2, -0.15) is 5.26 Å². The predicted octanol–water partition coefficient (Wildman–Crippen LogP) is 2.83. The van der Waals surface area contributed by atoms with Gasteiger partial charge >= 0.3 is 0 Å². The van der Waals surface area contributed by atoms with Crippen LogP contribution >= 0.6 is 0 Å². The van der Waals surface area contributed by atoms with Crippen molar-refractivity contribution in [2.24, 2.45) is 0 Å². The monoisotopic (exact) mass is 245 g/mol. The topological polar surface area (TPSA) is 61.1 Å². The zero-order valence-corrected chi connectivity index (χ0v) is 10.9. The summed E-state index contributed by atoms with van der Waals surface area (Å²) in [5.74, 6) is 0.0497. The molecule has 0 amide bonds. The maximum Gasteiger partial charge on any atom is 0.162 e. The Morgan fingerprint density at radius 1 is 1.33 bits per heavy atom. The minimum Gasteiger partial charge on any atom is -0.396 e. The predicted molar refractivity (Wildman–Crippen MR) is 70.3 cm³/mol. The molecule has 0 unspecified atom stereocenters. The lowest BCUT2D eigenvalue weighted by atomic mass is 9.81. The number of aliphatic hydroxyl groups is 1. The average molecular weight is 245 g/mol. The van der Waals surface area contributed by atoms with Gasteiger partial charge in [-0.25, -0.2) is 0 Å². The molecule has 0 aromatic heterocycles. The van der Waals surface area contributed by atoms with Crippen molar-refractivity contribution in [1.29, 1.82) is 5.26 Å². The SMILES string of the molecule is CC(C)(CC#N)c1ccc(C(=O)CCCO)cc1. The van der Waals surface area contributed by atoms with Gasteiger partial charge in [0, 0.05) is 30.4 Å². The van der Waals surface area contributed by atoms with Crippen molar-refractivity contribution in [3.8, 4) is 6.07 Å². The molecule has 0 radical (unpaired) electrons. The van der Waals surface area contributed by atoms with Crippen molar-refractivity contribution in [1.82, 2.24) is 0 Å². The van der Waals surface area contributed by atoms with Crippen molar-refractivity contribution in [3.05, 3.63) is 35.4 Å². The molecule has 1 aromatic rings. The van der Waals surface area contributed by atoms with E-state index in [1.165, 1.54) is 0 Å². The lowest BCUT2D eigenvalue weighted by Crippen LogP contribution is -2.16. The highest BCUT2D eigenvalue weighted by Gasteiger charge is 2.20. The minimum absolute atomic E-state index is 0.0407. The second-order valence-corrected chi connectivity index (χ2v) is 5.05. The number of aliphatic hydroxyl groups excluding tert-OH is 1. The molecule has 0 aliphatic heterocycles. The van der Waals surface area contributed by atoms with Gasteiger partial charge in [-0.05, 0) is 12.0 Å². The average Bonchev–Trinajstić information content (AvgIpc) is 2.36. The summed E-state index contributed by atoms with van der Waals surface area (Å²) in [4.78, 5) is 11.7. The number of nitrogens with zero attached hydrogens (tertiary/aromatic N) is 1. The number of rotatable bonds is 6. The Bertz CT molecular complexity index is 441. The molecule has 3 nitrogen and oxygen atoms in total. The summed E-state index contributed by atoms with van der Waals surface area (Å²) >= 11 is 0. The van der Waals surface area contributed by atoms with Gasteiger partial charge in [0.05, 0.1) is 6.07 Å². The summed E-state index contributed by atoms with van der Waals surface area (Å²) in [6.07, 6.45) is 1.32. The van der Waals surface area contributed by atoms with E-state index in [9.17, 15) is 4.79 Å². The second-order valence-electron chi connectivity index (χ2n) is 5.05. The maximum absolute atomic E-state index is 11.7. The second kappa shape index (κ2) is 6.32. The molecule has 1 aromatic carbocycles. The molecule has 18 heavy (non-hydrogen) atoms. The third kappa shape index (κ3) is 3.68. The summed E-state index contributed by atoms with van der Waals surface area (Å²) in [5.41, 5.74) is 1.53. The van der Waals surface area contributed by atoms with E-state index in [1.54, 1.807) is 12.1 Å². The molecule has 0 heterocycles. The van der Waals surface area contributed by atoms with Gasteiger partial charge in [-0.3, -0.25) is 4.79 Å². The summed E-state index contributed by atoms with van der Waals surface area (Å²) in [6, 6.07) is 9.59. The zero-order chi connectivity index (χ0) is 13.6. The van der Waals surface area contributed by atoms with Gasteiger partial charge in [0.1, 0.15) is 0 Å². The standard InChI is InChI=1S/C15H19NO2/c1-15(2,9-10-16)13-7-5-12(6-8-13)14(18)4-3-11-17/h5-8,17H,3-4,9,11H2,1-2H3. The molecule has 0 bridgehead atoms. The summed E-state index contributed by atoms with van der Waals surface area (Å²) in [5, 5.41) is 17.5. The number of Topliss-reactive ketones (excluding diaryl/α,β-unsaturated/α-hetero) is 1. The van der Waals surface area contributed by atoms with Crippen LogP contribution in [-0.2, 0) is 5.41 Å². The smallest absolute Gasteiger partial charge is 0.162 e. The fourth-order valence-corrected chi connectivity index (χ4v) is 1.79. The summed E-state index contributed by atoms with van der Waals surface area (Å²) in [6.45, 7) is 4.07. The maximum atomic E-state index is 11.7. The van der Waals surface area contributed by atoms with Crippen molar-refractivity contribution in [2.75, 3.05) is 6.61 Å². The van der Waals surface area contributed by atoms with Crippen LogP contribution < -0.4 is 0 Å². The molecule has 0 aliphatic carbocycles. The van der Waals surface area contributed by atoms with Crippen molar-refractivity contribution < 1.29 is 9.90 Å². The Hall–Kier alpha value is -1.66. The number of hydrogen-bond donors (Lipinski definition) is 1. The molecular formula is C15H19NO2. The molecule has 1 rings (SSSR count). The van der Waals surface area contributed by atoms with Gasteiger partial charge < -0.3 is 5.11 Å². The van der Waals surface area contributed by atoms with Gasteiger partial charge in [0.25, 0.3) is 0 Å². The molecule has 0 saturated heterocycles. The van der Waals surface area contributed by atoms with Crippen LogP contribution in [0.15, 0.2) is 24.3 Å². The van der Waals surface area contributed by atoms with E-state index in [2.05, 4.69) is 6.07 Å². The Morgan fingerprint density at radius 2 is 1.94 bits per heavy atom. The molecule has 96 valence electrons. The summed E-state index contributed by atoms with van der Waals surface area (Å²) < 4.78 is 0. The Morgan fingerprint density at radius 3 is 2.44 bits per heavy atom. The zero-order valence-electron chi connectivity index (χ0n) is 10.9. The minimum atomic E-state index is -0.193. The van der Waals surface area contributed by atoms with Crippen molar-refractivity contribution in [2.45, 2.75) is 38.5 Å². The van der Waals surface area contributed by atoms with Crippen LogP contribution in [0.5, 0.6) is 0 Å². The highest BCUT2D eigenvalue weighted by atomic mass is 16.3. The first kappa shape index (κ1) is 14.4. The molecule has 0 fully saturated rings. The Balaban J connectivity index is 2.80. The van der Waals surface area contributed by atoms with E-state index in [1.807, 2.05) is 26.0 Å². The van der Waals surface area contributed by atoms with Gasteiger partial charge in [-0.15, -0.1) is 0 Å². The van der Waals surface area contributed by atoms with Crippen LogP contribution in [0.4, 0.5) is 0 Å². The lowest BCUT2D eigenvalue weighted by Gasteiger charge is -2.21. The molecular weight excluding hydrogens is 226 g/mol. The van der Waals surface area contributed by atoms with Crippen LogP contribution in [0.3, 0.4) is 0 Å². The Labute approximate surface area is 108 Å². The van der Waals surface area contributed by atoms with Crippen LogP contribution in [0.25, 0.3) is 0 Å². The number of carbonyl (C=O) groups is 1. The van der Waals surface area contributed by atoms with E-state index in [4.69, 9.17) is 10.4 Å². The van der Waals surface area contributed by atoms with E-state index in [0.717, 1.165) is 5.56 Å². The molecule has 0 aliphatic rings. The number of ketones is 1. The third-order valence-electron chi connectivity index (χ3n) is 3.07. The first-order valence-corrected chi connectivity index (χ1v) is 6.13. The molecule has 1 N–H and O–H groups in total. The van der Waals surface area contributed by atoms with E-state index in [-0.39, 0.29) is 17.8 Å². The highest BCUT2D eigenvalue weighted by Crippen LogP contribution is 2.26. The molecule has 3 heteroatoms. The highest BCUT2D eigenvalue weighted by molar-refractivity contribution is 5.96. The van der Waals surface area contributed by atoms with E-state index < -0.39 is 0 Å². The van der Waals surface area contributed by atoms with E-state index in [0.29, 0.717) is 24.8 Å². The van der Waals surface area contributed by atoms with Crippen LogP contribution in [-0.4, -0.2) is 17.5 Å². The largest absolute Gasteiger partial charge is 0.396 e. The fraction of sp³-hybridized carbons (Fsp3) is 0.467. The molecule has 0 spiro atoms. The van der Waals surface area contributed by atoms with E-state index >= 15 is 0 Å². The van der Waals surface area contributed by atoms with Gasteiger partial charge in [-0.1, -0.05) is 38.1 Å². The van der Waals surface area contributed by atoms with Crippen LogP contribution in [0, 0.1) is 11.3 Å². The first-order valence-electron chi connectivity index (χ1n) is 6.13. The Kier molecular flexibility index (Phi) is 5.06. The normalized spacial score (nSPS) is 11.0. The molecule has 0 saturated carbocycles. The lowest BCUT2D eigenvalue weighted by molar-refractivity contribution is 0.0971. The number of hydrogen-bond acceptors (Lipinski definition) is 3. The van der Waals surface area contributed by atoms with Crippen LogP contribution in [0.2, 0.25) is 0 Å². The van der Waals surface area contributed by atoms with Crippen molar-refractivity contribution >= 4 is 5.78 Å². The number of benzene rings is 1. The number of carbonyl (C=O) groups excluding carboxylic acids is 1.